The van der Waals surface area contributed by atoms with E-state index in [1.54, 1.807) is 0 Å². The van der Waals surface area contributed by atoms with Gasteiger partial charge in [0, 0.05) is 35.0 Å². The molecule has 0 aromatic carbocycles. The lowest BCUT2D eigenvalue weighted by Gasteiger charge is -1.92. The van der Waals surface area contributed by atoms with Crippen LogP contribution in [-0.4, -0.2) is 5.97 Å². The highest BCUT2D eigenvalue weighted by Crippen LogP contribution is 1.83. The number of carbonyl (C=O) groups is 1. The molecule has 0 aromatic rings. The Morgan fingerprint density at radius 1 is 1.75 bits per heavy atom. The third kappa shape index (κ3) is 5.76. The van der Waals surface area contributed by atoms with Gasteiger partial charge in [-0.05, 0) is 10.3 Å². The minimum absolute atomic E-state index is 0.0377. The van der Waals surface area contributed by atoms with Gasteiger partial charge in [0.25, 0.3) is 0 Å². The molecule has 0 amide bonds. The van der Waals surface area contributed by atoms with E-state index in [1.165, 1.54) is 0 Å². The largest absolute Gasteiger partial charge is 0.550 e. The average Bonchev–Trinajstić information content (AvgIpc) is 1.66. The molecule has 0 bridgehead atoms. The van der Waals surface area contributed by atoms with Crippen LogP contribution in [-0.2, 0) is 4.79 Å². The van der Waals surface area contributed by atoms with Gasteiger partial charge in [-0.2, -0.15) is 0 Å². The smallest absolute Gasteiger partial charge is 0.0423 e. The van der Waals surface area contributed by atoms with Crippen LogP contribution in [0.2, 0.25) is 0 Å². The van der Waals surface area contributed by atoms with Gasteiger partial charge in [-0.25, -0.2) is 0 Å². The van der Waals surface area contributed by atoms with Gasteiger partial charge < -0.3 is 9.90 Å². The van der Waals surface area contributed by atoms with Crippen molar-refractivity contribution >= 4 is 28.6 Å². The van der Waals surface area contributed by atoms with Crippen molar-refractivity contribution in [3.63, 3.8) is 0 Å². The third-order valence-electron chi connectivity index (χ3n) is 0.521. The van der Waals surface area contributed by atoms with Crippen molar-refractivity contribution in [3.05, 3.63) is 0 Å². The van der Waals surface area contributed by atoms with E-state index < -0.39 is 5.97 Å². The maximum Gasteiger partial charge on any atom is 0.0423 e. The van der Waals surface area contributed by atoms with E-state index in [1.807, 2.05) is 22.6 Å². The lowest BCUT2D eigenvalue weighted by atomic mass is 10.3. The second kappa shape index (κ2) is 4.91. The van der Waals surface area contributed by atoms with Crippen LogP contribution in [0.1, 0.15) is 12.8 Å². The summed E-state index contributed by atoms with van der Waals surface area (Å²) in [7, 11) is 0. The fraction of sp³-hybridized carbons (Fsp3) is 0.400. The first-order valence-corrected chi connectivity index (χ1v) is 3.13. The first-order valence-electron chi connectivity index (χ1n) is 2.05. The molecule has 0 rings (SSSR count). The van der Waals surface area contributed by atoms with Crippen molar-refractivity contribution in [2.75, 3.05) is 0 Å². The molecule has 2 nitrogen and oxygen atoms in total. The van der Waals surface area contributed by atoms with E-state index in [-0.39, 0.29) is 6.42 Å². The Hall–Kier alpha value is -0.240. The number of carboxylic acids is 1. The molecule has 0 saturated heterocycles. The Morgan fingerprint density at radius 2 is 2.38 bits per heavy atom. The van der Waals surface area contributed by atoms with Crippen molar-refractivity contribution in [2.45, 2.75) is 12.8 Å². The molecule has 0 aromatic heterocycles. The maximum absolute atomic E-state index is 9.69. The average molecular weight is 223 g/mol. The van der Waals surface area contributed by atoms with Crippen molar-refractivity contribution in [2.24, 2.45) is 0 Å². The quantitative estimate of drug-likeness (QED) is 0.485. The molecule has 0 N–H and O–H groups in total. The summed E-state index contributed by atoms with van der Waals surface area (Å²) in [5, 5.41) is 9.69. The Morgan fingerprint density at radius 3 is 2.75 bits per heavy atom. The second-order valence-electron chi connectivity index (χ2n) is 1.14. The van der Waals surface area contributed by atoms with Crippen LogP contribution >= 0.6 is 22.6 Å². The Balaban J connectivity index is 3.14. The zero-order valence-electron chi connectivity index (χ0n) is 4.11. The van der Waals surface area contributed by atoms with Crippen LogP contribution in [0.25, 0.3) is 0 Å². The summed E-state index contributed by atoms with van der Waals surface area (Å²) in [5.41, 5.74) is 0. The van der Waals surface area contributed by atoms with Gasteiger partial charge in [0.15, 0.2) is 0 Å². The highest BCUT2D eigenvalue weighted by molar-refractivity contribution is 14.1. The van der Waals surface area contributed by atoms with E-state index >= 15 is 0 Å². The van der Waals surface area contributed by atoms with Gasteiger partial charge in [0.1, 0.15) is 0 Å². The molecule has 3 heteroatoms. The number of carbonyl (C=O) groups excluding carboxylic acids is 1. The van der Waals surface area contributed by atoms with E-state index in [9.17, 15) is 9.90 Å². The Kier molecular flexibility index (Phi) is 4.76. The van der Waals surface area contributed by atoms with E-state index in [0.717, 1.165) is 0 Å². The Bertz CT molecular complexity index is 131. The minimum atomic E-state index is -1.04. The van der Waals surface area contributed by atoms with Gasteiger partial charge in [0.2, 0.25) is 0 Å². The van der Waals surface area contributed by atoms with Crippen molar-refractivity contribution in [1.82, 2.24) is 0 Å². The normalized spacial score (nSPS) is 7.12. The summed E-state index contributed by atoms with van der Waals surface area (Å²) in [4.78, 5) is 9.69. The minimum Gasteiger partial charge on any atom is -0.550 e. The standard InChI is InChI=1S/C5H5IO2/c6-4-2-1-3-5(7)8/h1,3H2,(H,7,8)/p-1. The summed E-state index contributed by atoms with van der Waals surface area (Å²) < 4.78 is 2.55. The fourth-order valence-corrected chi connectivity index (χ4v) is 0.481. The first kappa shape index (κ1) is 7.76. The molecule has 0 saturated carbocycles. The lowest BCUT2D eigenvalue weighted by molar-refractivity contribution is -0.305. The molecule has 8 heavy (non-hydrogen) atoms. The third-order valence-corrected chi connectivity index (χ3v) is 0.902. The molecule has 0 unspecified atom stereocenters. The number of carboxylic acid groups (broad SMARTS) is 1. The van der Waals surface area contributed by atoms with E-state index in [0.29, 0.717) is 6.42 Å². The van der Waals surface area contributed by atoms with Crippen LogP contribution < -0.4 is 5.11 Å². The highest BCUT2D eigenvalue weighted by atomic mass is 127. The summed E-state index contributed by atoms with van der Waals surface area (Å²) in [5.74, 6) is 1.56. The van der Waals surface area contributed by atoms with Gasteiger partial charge in [-0.15, -0.1) is 0 Å². The van der Waals surface area contributed by atoms with Crippen LogP contribution in [0, 0.1) is 9.85 Å². The molecule has 0 aliphatic heterocycles. The van der Waals surface area contributed by atoms with Crippen LogP contribution in [0.3, 0.4) is 0 Å². The molecule has 0 radical (unpaired) electrons. The monoisotopic (exact) mass is 223 g/mol. The maximum atomic E-state index is 9.69. The predicted octanol–water partition coefficient (Wildman–Crippen LogP) is -0.0876. The number of hydrogen-bond donors (Lipinski definition) is 0. The molecule has 0 heterocycles. The van der Waals surface area contributed by atoms with Crippen molar-refractivity contribution < 1.29 is 9.90 Å². The molecule has 0 aliphatic carbocycles. The molecule has 0 atom stereocenters. The molecule has 0 fully saturated rings. The van der Waals surface area contributed by atoms with Crippen molar-refractivity contribution in [3.8, 4) is 9.85 Å². The SMILES string of the molecule is O=C([O-])CCC#CI. The van der Waals surface area contributed by atoms with Gasteiger partial charge in [0.05, 0.1) is 0 Å². The summed E-state index contributed by atoms with van der Waals surface area (Å²) >= 11 is 1.86. The first-order chi connectivity index (χ1) is 3.77. The fourth-order valence-electron chi connectivity index (χ4n) is 0.212. The van der Waals surface area contributed by atoms with Crippen molar-refractivity contribution in [1.29, 1.82) is 0 Å². The predicted molar refractivity (Wildman–Crippen MR) is 36.0 cm³/mol. The van der Waals surface area contributed by atoms with E-state index in [2.05, 4.69) is 9.85 Å². The van der Waals surface area contributed by atoms with Gasteiger partial charge in [-0.1, -0.05) is 5.92 Å². The zero-order chi connectivity index (χ0) is 6.41. The van der Waals surface area contributed by atoms with Gasteiger partial charge in [-0.3, -0.25) is 0 Å². The van der Waals surface area contributed by atoms with Crippen LogP contribution in [0.15, 0.2) is 0 Å². The number of rotatable bonds is 2. The number of halogens is 1. The second-order valence-corrected chi connectivity index (χ2v) is 1.68. The molecular weight excluding hydrogens is 219 g/mol. The molecule has 0 aliphatic rings. The van der Waals surface area contributed by atoms with E-state index in [4.69, 9.17) is 0 Å². The highest BCUT2D eigenvalue weighted by Gasteiger charge is 1.79. The topological polar surface area (TPSA) is 40.1 Å². The van der Waals surface area contributed by atoms with Crippen LogP contribution in [0.4, 0.5) is 0 Å². The summed E-state index contributed by atoms with van der Waals surface area (Å²) in [6, 6.07) is 0. The number of hydrogen-bond acceptors (Lipinski definition) is 2. The van der Waals surface area contributed by atoms with Crippen LogP contribution in [0.5, 0.6) is 0 Å². The molecule has 44 valence electrons. The lowest BCUT2D eigenvalue weighted by Crippen LogP contribution is -2.21. The summed E-state index contributed by atoms with van der Waals surface area (Å²) in [6.07, 6.45) is 0.432. The molecular formula is C5H4IO2-. The van der Waals surface area contributed by atoms with Gasteiger partial charge >= 0.3 is 0 Å². The number of aliphatic carboxylic acids is 1. The Labute approximate surface area is 61.4 Å². The summed E-state index contributed by atoms with van der Waals surface area (Å²) in [6.45, 7) is 0. The zero-order valence-corrected chi connectivity index (χ0v) is 6.27. The molecule has 0 spiro atoms.